The van der Waals surface area contributed by atoms with Gasteiger partial charge in [0.2, 0.25) is 5.56 Å². The molecule has 1 aliphatic carbocycles. The maximum absolute atomic E-state index is 12.7. The Morgan fingerprint density at radius 2 is 2.14 bits per heavy atom. The van der Waals surface area contributed by atoms with Crippen LogP contribution >= 0.6 is 0 Å². The number of hydrogen-bond donors (Lipinski definition) is 3. The van der Waals surface area contributed by atoms with Crippen molar-refractivity contribution in [3.63, 3.8) is 0 Å². The van der Waals surface area contributed by atoms with Crippen molar-refractivity contribution < 1.29 is 18.0 Å². The molecular weight excluding hydrogens is 299 g/mol. The largest absolute Gasteiger partial charge is 0.391 e. The van der Waals surface area contributed by atoms with Gasteiger partial charge in [0.1, 0.15) is 0 Å². The molecule has 5 nitrogen and oxygen atoms in total. The number of H-pyrrole nitrogens is 1. The molecule has 1 saturated carbocycles. The fourth-order valence-corrected chi connectivity index (χ4v) is 2.64. The number of carbonyl (C=O) groups excluding carboxylic acids is 1. The van der Waals surface area contributed by atoms with Gasteiger partial charge in [-0.1, -0.05) is 6.42 Å². The van der Waals surface area contributed by atoms with Crippen LogP contribution in [0.1, 0.15) is 31.2 Å². The van der Waals surface area contributed by atoms with Gasteiger partial charge in [-0.3, -0.25) is 4.79 Å². The molecule has 122 valence electrons. The molecule has 1 heterocycles. The second-order valence-corrected chi connectivity index (χ2v) is 5.49. The highest BCUT2D eigenvalue weighted by Crippen LogP contribution is 2.37. The average molecular weight is 317 g/mol. The molecule has 1 aromatic heterocycles. The molecule has 0 aliphatic heterocycles. The van der Waals surface area contributed by atoms with Gasteiger partial charge in [-0.15, -0.1) is 0 Å². The summed E-state index contributed by atoms with van der Waals surface area (Å²) in [6.45, 7) is 0.144. The first kappa shape index (κ1) is 16.4. The topological polar surface area (TPSA) is 74.0 Å². The van der Waals surface area contributed by atoms with Crippen LogP contribution in [0.5, 0.6) is 0 Å². The van der Waals surface area contributed by atoms with Crippen LogP contribution in [0.25, 0.3) is 0 Å². The molecule has 0 spiro atoms. The van der Waals surface area contributed by atoms with Crippen LogP contribution in [0.15, 0.2) is 23.1 Å². The molecule has 1 fully saturated rings. The first-order valence-electron chi connectivity index (χ1n) is 7.13. The highest BCUT2D eigenvalue weighted by Gasteiger charge is 2.42. The summed E-state index contributed by atoms with van der Waals surface area (Å²) in [4.78, 5) is 25.3. The molecule has 0 aromatic carbocycles. The quantitative estimate of drug-likeness (QED) is 0.800. The Hall–Kier alpha value is -1.99. The molecule has 1 aromatic rings. The number of aromatic amines is 1. The molecule has 0 unspecified atom stereocenters. The summed E-state index contributed by atoms with van der Waals surface area (Å²) in [7, 11) is 0. The van der Waals surface area contributed by atoms with Crippen molar-refractivity contribution in [2.24, 2.45) is 5.92 Å². The second kappa shape index (κ2) is 6.85. The minimum atomic E-state index is -4.21. The third-order valence-electron chi connectivity index (χ3n) is 3.76. The molecule has 0 radical (unpaired) electrons. The molecule has 2 atom stereocenters. The maximum Gasteiger partial charge on any atom is 0.391 e. The van der Waals surface area contributed by atoms with Crippen molar-refractivity contribution in [3.05, 3.63) is 34.2 Å². The van der Waals surface area contributed by atoms with Crippen molar-refractivity contribution in [2.45, 2.75) is 44.4 Å². The van der Waals surface area contributed by atoms with Crippen LogP contribution in [0.4, 0.5) is 18.0 Å². The van der Waals surface area contributed by atoms with Crippen molar-refractivity contribution >= 4 is 6.03 Å². The normalized spacial score (nSPS) is 22.1. The van der Waals surface area contributed by atoms with E-state index in [9.17, 15) is 22.8 Å². The third kappa shape index (κ3) is 4.78. The molecule has 22 heavy (non-hydrogen) atoms. The Morgan fingerprint density at radius 1 is 1.36 bits per heavy atom. The number of amides is 2. The summed E-state index contributed by atoms with van der Waals surface area (Å²) >= 11 is 0. The summed E-state index contributed by atoms with van der Waals surface area (Å²) in [6, 6.07) is 2.00. The standard InChI is InChI=1S/C14H18F3N3O2/c15-14(16,17)10-2-1-3-11(7-10)20-13(22)19-8-9-4-5-18-12(21)6-9/h4-6,10-11H,1-3,7-8H2,(H,18,21)(H2,19,20,22)/t10-,11+/m0/s1. The Morgan fingerprint density at radius 3 is 2.82 bits per heavy atom. The number of halogens is 3. The minimum Gasteiger partial charge on any atom is -0.335 e. The van der Waals surface area contributed by atoms with Gasteiger partial charge in [-0.05, 0) is 30.9 Å². The zero-order valence-electron chi connectivity index (χ0n) is 11.9. The number of rotatable bonds is 3. The monoisotopic (exact) mass is 317 g/mol. The van der Waals surface area contributed by atoms with Crippen molar-refractivity contribution in [2.75, 3.05) is 0 Å². The van der Waals surface area contributed by atoms with Gasteiger partial charge >= 0.3 is 12.2 Å². The van der Waals surface area contributed by atoms with Crippen molar-refractivity contribution in [1.29, 1.82) is 0 Å². The van der Waals surface area contributed by atoms with Gasteiger partial charge in [0.05, 0.1) is 5.92 Å². The highest BCUT2D eigenvalue weighted by molar-refractivity contribution is 5.74. The van der Waals surface area contributed by atoms with Gasteiger partial charge in [0.25, 0.3) is 0 Å². The molecule has 3 N–H and O–H groups in total. The molecule has 8 heteroatoms. The van der Waals surface area contributed by atoms with E-state index in [1.165, 1.54) is 12.3 Å². The number of nitrogens with one attached hydrogen (secondary N) is 3. The van der Waals surface area contributed by atoms with Crippen LogP contribution in [0.3, 0.4) is 0 Å². The SMILES string of the molecule is O=C(NCc1cc[nH]c(=O)c1)N[C@@H]1CCC[C@H](C(F)(F)F)C1. The molecule has 0 bridgehead atoms. The second-order valence-electron chi connectivity index (χ2n) is 5.49. The Labute approximate surface area is 125 Å². The lowest BCUT2D eigenvalue weighted by Crippen LogP contribution is -2.45. The van der Waals surface area contributed by atoms with E-state index in [0.29, 0.717) is 18.4 Å². The fourth-order valence-electron chi connectivity index (χ4n) is 2.64. The summed E-state index contributed by atoms with van der Waals surface area (Å²) in [5.74, 6) is -1.35. The maximum atomic E-state index is 12.7. The number of carbonyl (C=O) groups is 1. The average Bonchev–Trinajstić information content (AvgIpc) is 2.45. The summed E-state index contributed by atoms with van der Waals surface area (Å²) in [6.07, 6.45) is -1.71. The lowest BCUT2D eigenvalue weighted by Gasteiger charge is -2.31. The smallest absolute Gasteiger partial charge is 0.335 e. The van der Waals surface area contributed by atoms with Gasteiger partial charge in [-0.25, -0.2) is 4.79 Å². The van der Waals surface area contributed by atoms with E-state index >= 15 is 0 Å². The number of hydrogen-bond acceptors (Lipinski definition) is 2. The molecule has 1 aliphatic rings. The Balaban J connectivity index is 1.80. The molecular formula is C14H18F3N3O2. The van der Waals surface area contributed by atoms with Crippen LogP contribution in [-0.4, -0.2) is 23.2 Å². The van der Waals surface area contributed by atoms with Crippen molar-refractivity contribution in [3.8, 4) is 0 Å². The first-order chi connectivity index (χ1) is 10.3. The van der Waals surface area contributed by atoms with E-state index in [0.717, 1.165) is 0 Å². The lowest BCUT2D eigenvalue weighted by molar-refractivity contribution is -0.183. The lowest BCUT2D eigenvalue weighted by atomic mass is 9.85. The van der Waals surface area contributed by atoms with Crippen LogP contribution in [0, 0.1) is 5.92 Å². The van der Waals surface area contributed by atoms with E-state index in [-0.39, 0.29) is 24.9 Å². The molecule has 0 saturated heterocycles. The highest BCUT2D eigenvalue weighted by atomic mass is 19.4. The van der Waals surface area contributed by atoms with E-state index in [1.54, 1.807) is 6.07 Å². The summed E-state index contributed by atoms with van der Waals surface area (Å²) in [5, 5.41) is 5.11. The predicted molar refractivity (Wildman–Crippen MR) is 74.2 cm³/mol. The van der Waals surface area contributed by atoms with Crippen LogP contribution in [0.2, 0.25) is 0 Å². The van der Waals surface area contributed by atoms with Crippen molar-refractivity contribution in [1.82, 2.24) is 15.6 Å². The summed E-state index contributed by atoms with van der Waals surface area (Å²) < 4.78 is 38.1. The number of pyridine rings is 1. The van der Waals surface area contributed by atoms with E-state index in [1.807, 2.05) is 0 Å². The van der Waals surface area contributed by atoms with Gasteiger partial charge < -0.3 is 15.6 Å². The Bertz CT molecular complexity index is 571. The van der Waals surface area contributed by atoms with E-state index < -0.39 is 24.2 Å². The van der Waals surface area contributed by atoms with E-state index in [2.05, 4.69) is 15.6 Å². The fraction of sp³-hybridized carbons (Fsp3) is 0.571. The first-order valence-corrected chi connectivity index (χ1v) is 7.13. The van der Waals surface area contributed by atoms with Gasteiger partial charge in [0.15, 0.2) is 0 Å². The van der Waals surface area contributed by atoms with Crippen LogP contribution in [-0.2, 0) is 6.54 Å². The minimum absolute atomic E-state index is 0.0814. The molecule has 2 amide bonds. The zero-order chi connectivity index (χ0) is 16.2. The zero-order valence-corrected chi connectivity index (χ0v) is 11.9. The predicted octanol–water partition coefficient (Wildman–Crippen LogP) is 2.30. The van der Waals surface area contributed by atoms with Crippen LogP contribution < -0.4 is 16.2 Å². The third-order valence-corrected chi connectivity index (χ3v) is 3.76. The Kier molecular flexibility index (Phi) is 5.10. The van der Waals surface area contributed by atoms with E-state index in [4.69, 9.17) is 0 Å². The van der Waals surface area contributed by atoms with Gasteiger partial charge in [-0.2, -0.15) is 13.2 Å². The number of alkyl halides is 3. The molecule has 2 rings (SSSR count). The number of aromatic nitrogens is 1. The number of urea groups is 1. The van der Waals surface area contributed by atoms with Gasteiger partial charge in [0, 0.05) is 24.8 Å². The summed E-state index contributed by atoms with van der Waals surface area (Å²) in [5.41, 5.74) is 0.343.